The third-order valence-corrected chi connectivity index (χ3v) is 6.33. The number of hydrogen-bond acceptors (Lipinski definition) is 8. The van der Waals surface area contributed by atoms with Gasteiger partial charge in [-0.1, -0.05) is 19.9 Å². The van der Waals surface area contributed by atoms with E-state index in [9.17, 15) is 14.4 Å². The van der Waals surface area contributed by atoms with E-state index in [0.717, 1.165) is 0 Å². The first kappa shape index (κ1) is 27.6. The van der Waals surface area contributed by atoms with Gasteiger partial charge in [0.2, 0.25) is 17.7 Å². The van der Waals surface area contributed by atoms with Crippen LogP contribution in [-0.4, -0.2) is 65.4 Å². The minimum absolute atomic E-state index is 0.122. The molecule has 1 aliphatic rings. The molecule has 2 aromatic heterocycles. The number of benzene rings is 1. The van der Waals surface area contributed by atoms with Crippen LogP contribution < -0.4 is 20.1 Å². The van der Waals surface area contributed by atoms with Crippen molar-refractivity contribution in [3.8, 4) is 23.0 Å². The molecule has 1 aromatic carbocycles. The zero-order valence-corrected chi connectivity index (χ0v) is 22.5. The van der Waals surface area contributed by atoms with Crippen LogP contribution in [0, 0.1) is 12.8 Å². The molecule has 1 atom stereocenters. The number of rotatable bonds is 3. The largest absolute Gasteiger partial charge is 0.493 e. The quantitative estimate of drug-likeness (QED) is 0.523. The maximum absolute atomic E-state index is 13.2. The summed E-state index contributed by atoms with van der Waals surface area (Å²) in [6.45, 7) is 5.81. The highest BCUT2D eigenvalue weighted by Crippen LogP contribution is 2.33. The molecule has 3 aromatic rings. The molecule has 0 saturated carbocycles. The van der Waals surface area contributed by atoms with Crippen LogP contribution in [0.5, 0.6) is 11.5 Å². The lowest BCUT2D eigenvalue weighted by Crippen LogP contribution is -2.52. The van der Waals surface area contributed by atoms with Crippen molar-refractivity contribution in [2.24, 2.45) is 5.92 Å². The highest BCUT2D eigenvalue weighted by Gasteiger charge is 2.27. The number of nitrogens with zero attached hydrogens (tertiary/aromatic N) is 3. The summed E-state index contributed by atoms with van der Waals surface area (Å²) >= 11 is 0. The number of amides is 3. The Hall–Kier alpha value is -4.41. The summed E-state index contributed by atoms with van der Waals surface area (Å²) < 4.78 is 17.3. The van der Waals surface area contributed by atoms with E-state index in [1.807, 2.05) is 19.9 Å². The van der Waals surface area contributed by atoms with E-state index in [1.54, 1.807) is 44.4 Å². The molecular formula is C28H33N5O6. The first-order valence-corrected chi connectivity index (χ1v) is 12.8. The van der Waals surface area contributed by atoms with Gasteiger partial charge in [-0.2, -0.15) is 0 Å². The third kappa shape index (κ3) is 6.73. The van der Waals surface area contributed by atoms with Gasteiger partial charge in [-0.05, 0) is 49.6 Å². The van der Waals surface area contributed by atoms with Crippen LogP contribution in [-0.2, 0) is 16.1 Å². The van der Waals surface area contributed by atoms with Crippen LogP contribution in [0.15, 0.2) is 47.0 Å². The smallest absolute Gasteiger partial charge is 0.272 e. The summed E-state index contributed by atoms with van der Waals surface area (Å²) in [5, 5.41) is 5.63. The molecule has 4 bridgehead atoms. The van der Waals surface area contributed by atoms with E-state index in [4.69, 9.17) is 13.9 Å². The zero-order valence-electron chi connectivity index (χ0n) is 22.5. The Balaban J connectivity index is 1.64. The molecule has 11 heteroatoms. The number of ether oxygens (including phenoxy) is 2. The van der Waals surface area contributed by atoms with Crippen molar-refractivity contribution < 1.29 is 28.3 Å². The Kier molecular flexibility index (Phi) is 8.80. The number of aromatic nitrogens is 2. The first-order valence-electron chi connectivity index (χ1n) is 12.8. The molecule has 1 aliphatic heterocycles. The van der Waals surface area contributed by atoms with Gasteiger partial charge in [0.15, 0.2) is 11.5 Å². The van der Waals surface area contributed by atoms with Crippen LogP contribution in [0.2, 0.25) is 0 Å². The SMILES string of the molecule is COc1ccc2cc1OCCCN(C(=O)c1ccccn1)CC(=O)N[C@@H](C(C)C)C(=O)NCc1nc-2oc1C. The van der Waals surface area contributed by atoms with E-state index < -0.39 is 11.9 Å². The fraction of sp³-hybridized carbons (Fsp3) is 0.393. The number of hydrogen-bond donors (Lipinski definition) is 2. The Labute approximate surface area is 226 Å². The number of aryl methyl sites for hydroxylation is 1. The van der Waals surface area contributed by atoms with Gasteiger partial charge in [0, 0.05) is 18.3 Å². The molecule has 0 fully saturated rings. The molecule has 206 valence electrons. The topological polar surface area (TPSA) is 136 Å². The highest BCUT2D eigenvalue weighted by atomic mass is 16.5. The van der Waals surface area contributed by atoms with Gasteiger partial charge >= 0.3 is 0 Å². The maximum Gasteiger partial charge on any atom is 0.272 e. The van der Waals surface area contributed by atoms with Crippen LogP contribution >= 0.6 is 0 Å². The Morgan fingerprint density at radius 3 is 2.74 bits per heavy atom. The zero-order chi connectivity index (χ0) is 27.9. The molecule has 0 saturated heterocycles. The van der Waals surface area contributed by atoms with E-state index in [2.05, 4.69) is 20.6 Å². The van der Waals surface area contributed by atoms with Gasteiger partial charge in [0.05, 0.1) is 26.8 Å². The summed E-state index contributed by atoms with van der Waals surface area (Å²) in [6, 6.07) is 9.57. The average molecular weight is 536 g/mol. The van der Waals surface area contributed by atoms with Gasteiger partial charge in [0.25, 0.3) is 5.91 Å². The van der Waals surface area contributed by atoms with E-state index in [1.165, 1.54) is 11.1 Å². The monoisotopic (exact) mass is 535 g/mol. The predicted molar refractivity (Wildman–Crippen MR) is 142 cm³/mol. The van der Waals surface area contributed by atoms with Crippen molar-refractivity contribution in [3.05, 3.63) is 59.7 Å². The van der Waals surface area contributed by atoms with Crippen molar-refractivity contribution in [2.45, 2.75) is 39.8 Å². The highest BCUT2D eigenvalue weighted by molar-refractivity contribution is 5.95. The summed E-state index contributed by atoms with van der Waals surface area (Å²) in [5.74, 6) is 0.572. The predicted octanol–water partition coefficient (Wildman–Crippen LogP) is 2.74. The Morgan fingerprint density at radius 1 is 1.21 bits per heavy atom. The van der Waals surface area contributed by atoms with Crippen LogP contribution in [0.25, 0.3) is 11.5 Å². The van der Waals surface area contributed by atoms with Gasteiger partial charge in [0.1, 0.15) is 23.2 Å². The standard InChI is InChI=1S/C28H33N5O6/c1-17(2)25-26(35)30-15-21-18(3)39-27(31-21)19-9-10-22(37-4)23(14-19)38-13-7-12-33(16-24(34)32-25)28(36)20-8-5-6-11-29-20/h5-6,8-11,14,17,25H,7,12-13,15-16H2,1-4H3,(H,30,35)(H,32,34)/t25-/m0/s1. The number of fused-ring (bicyclic) bond motifs is 5. The second kappa shape index (κ2) is 12.4. The van der Waals surface area contributed by atoms with E-state index >= 15 is 0 Å². The molecule has 0 aliphatic carbocycles. The fourth-order valence-electron chi connectivity index (χ4n) is 4.19. The van der Waals surface area contributed by atoms with Crippen molar-refractivity contribution in [2.75, 3.05) is 26.8 Å². The summed E-state index contributed by atoms with van der Waals surface area (Å²) in [5.41, 5.74) is 1.48. The molecule has 0 unspecified atom stereocenters. The van der Waals surface area contributed by atoms with Crippen molar-refractivity contribution in [1.82, 2.24) is 25.5 Å². The van der Waals surface area contributed by atoms with Gasteiger partial charge in [-0.25, -0.2) is 4.98 Å². The Morgan fingerprint density at radius 2 is 2.03 bits per heavy atom. The second-order valence-electron chi connectivity index (χ2n) is 9.54. The molecule has 3 heterocycles. The lowest BCUT2D eigenvalue weighted by atomic mass is 10.0. The summed E-state index contributed by atoms with van der Waals surface area (Å²) in [7, 11) is 1.55. The molecule has 39 heavy (non-hydrogen) atoms. The van der Waals surface area contributed by atoms with Gasteiger partial charge < -0.3 is 29.4 Å². The number of pyridine rings is 1. The second-order valence-corrected chi connectivity index (χ2v) is 9.54. The molecule has 0 radical (unpaired) electrons. The fourth-order valence-corrected chi connectivity index (χ4v) is 4.19. The molecule has 3 amide bonds. The maximum atomic E-state index is 13.2. The lowest BCUT2D eigenvalue weighted by Gasteiger charge is -2.25. The number of carbonyl (C=O) groups excluding carboxylic acids is 3. The summed E-state index contributed by atoms with van der Waals surface area (Å²) in [6.07, 6.45) is 1.95. The molecule has 2 N–H and O–H groups in total. The van der Waals surface area contributed by atoms with Crippen LogP contribution in [0.1, 0.15) is 42.2 Å². The molecule has 0 spiro atoms. The number of carbonyl (C=O) groups is 3. The van der Waals surface area contributed by atoms with Crippen molar-refractivity contribution >= 4 is 17.7 Å². The first-order chi connectivity index (χ1) is 18.8. The van der Waals surface area contributed by atoms with Crippen molar-refractivity contribution in [1.29, 1.82) is 0 Å². The normalized spacial score (nSPS) is 16.9. The Bertz CT molecular complexity index is 1320. The van der Waals surface area contributed by atoms with E-state index in [0.29, 0.717) is 40.8 Å². The van der Waals surface area contributed by atoms with Gasteiger partial charge in [-0.3, -0.25) is 19.4 Å². The number of oxazole rings is 1. The average Bonchev–Trinajstić information content (AvgIpc) is 3.31. The third-order valence-electron chi connectivity index (χ3n) is 6.33. The van der Waals surface area contributed by atoms with E-state index in [-0.39, 0.29) is 49.7 Å². The summed E-state index contributed by atoms with van der Waals surface area (Å²) in [4.78, 5) is 49.4. The molecule has 11 nitrogen and oxygen atoms in total. The van der Waals surface area contributed by atoms with Crippen LogP contribution in [0.3, 0.4) is 0 Å². The minimum Gasteiger partial charge on any atom is -0.493 e. The molecule has 4 rings (SSSR count). The van der Waals surface area contributed by atoms with Crippen LogP contribution in [0.4, 0.5) is 0 Å². The number of nitrogens with one attached hydrogen (secondary N) is 2. The molecular weight excluding hydrogens is 502 g/mol. The lowest BCUT2D eigenvalue weighted by molar-refractivity contribution is -0.130. The minimum atomic E-state index is -0.803. The number of methoxy groups -OCH3 is 1. The van der Waals surface area contributed by atoms with Crippen molar-refractivity contribution in [3.63, 3.8) is 0 Å². The van der Waals surface area contributed by atoms with Gasteiger partial charge in [-0.15, -0.1) is 0 Å².